The summed E-state index contributed by atoms with van der Waals surface area (Å²) in [4.78, 5) is 1.07. The lowest BCUT2D eigenvalue weighted by Gasteiger charge is -2.23. The van der Waals surface area contributed by atoms with E-state index in [1.807, 2.05) is 20.8 Å². The topological polar surface area (TPSA) is 49.4 Å². The van der Waals surface area contributed by atoms with Crippen molar-refractivity contribution in [3.05, 3.63) is 29.2 Å². The van der Waals surface area contributed by atoms with Gasteiger partial charge in [-0.05, 0) is 32.4 Å². The molecule has 0 fully saturated rings. The molecule has 0 bridgehead atoms. The summed E-state index contributed by atoms with van der Waals surface area (Å²) in [5.41, 5.74) is 1.02. The highest BCUT2D eigenvalue weighted by atomic mass is 32.2. The molecule has 1 N–H and O–H groups in total. The summed E-state index contributed by atoms with van der Waals surface area (Å²) >= 11 is 1.35. The molecular weight excluding hydrogens is 304 g/mol. The van der Waals surface area contributed by atoms with Gasteiger partial charge in [0.15, 0.2) is 0 Å². The van der Waals surface area contributed by atoms with E-state index in [1.165, 1.54) is 15.6 Å². The highest BCUT2D eigenvalue weighted by molar-refractivity contribution is 7.91. The fourth-order valence-electron chi connectivity index (χ4n) is 1.92. The fraction of sp³-hybridized carbons (Fsp3) is 0.600. The molecule has 0 aromatic carbocycles. The summed E-state index contributed by atoms with van der Waals surface area (Å²) in [5, 5.41) is 3.33. The Labute approximate surface area is 132 Å². The molecule has 0 saturated heterocycles. The van der Waals surface area contributed by atoms with Crippen molar-refractivity contribution in [1.29, 1.82) is 0 Å². The summed E-state index contributed by atoms with van der Waals surface area (Å²) in [6, 6.07) is 2.06. The Hall–Kier alpha value is -0.690. The van der Waals surface area contributed by atoms with E-state index in [2.05, 4.69) is 25.7 Å². The van der Waals surface area contributed by atoms with Gasteiger partial charge in [0.05, 0.1) is 0 Å². The predicted octanol–water partition coefficient (Wildman–Crippen LogP) is 3.14. The van der Waals surface area contributed by atoms with Crippen LogP contribution < -0.4 is 5.32 Å². The second-order valence-corrected chi connectivity index (χ2v) is 8.92. The van der Waals surface area contributed by atoms with E-state index >= 15 is 0 Å². The maximum atomic E-state index is 12.7. The van der Waals surface area contributed by atoms with Crippen LogP contribution in [-0.2, 0) is 16.6 Å². The van der Waals surface area contributed by atoms with Crippen LogP contribution in [0.4, 0.5) is 0 Å². The van der Waals surface area contributed by atoms with Crippen molar-refractivity contribution in [3.63, 3.8) is 0 Å². The molecule has 0 radical (unpaired) electrons. The minimum Gasteiger partial charge on any atom is -0.310 e. The smallest absolute Gasteiger partial charge is 0.253 e. The van der Waals surface area contributed by atoms with E-state index in [0.29, 0.717) is 23.3 Å². The van der Waals surface area contributed by atoms with Gasteiger partial charge < -0.3 is 5.32 Å². The maximum Gasteiger partial charge on any atom is 0.253 e. The van der Waals surface area contributed by atoms with Gasteiger partial charge in [-0.15, -0.1) is 17.9 Å². The minimum absolute atomic E-state index is 0.0901. The first-order valence-corrected chi connectivity index (χ1v) is 9.41. The van der Waals surface area contributed by atoms with Gasteiger partial charge in [0.2, 0.25) is 0 Å². The molecule has 6 heteroatoms. The quantitative estimate of drug-likeness (QED) is 0.745. The molecule has 1 aromatic heterocycles. The van der Waals surface area contributed by atoms with Crippen LogP contribution in [0.25, 0.3) is 0 Å². The third-order valence-electron chi connectivity index (χ3n) is 3.12. The molecule has 1 rings (SSSR count). The zero-order valence-corrected chi connectivity index (χ0v) is 15.1. The summed E-state index contributed by atoms with van der Waals surface area (Å²) in [5.74, 6) is 0. The van der Waals surface area contributed by atoms with E-state index in [0.717, 1.165) is 10.4 Å². The molecule has 0 unspecified atom stereocenters. The van der Waals surface area contributed by atoms with E-state index in [-0.39, 0.29) is 6.04 Å². The number of sulfonamides is 1. The van der Waals surface area contributed by atoms with Gasteiger partial charge in [-0.2, -0.15) is 4.31 Å². The van der Waals surface area contributed by atoms with Gasteiger partial charge in [-0.1, -0.05) is 19.9 Å². The summed E-state index contributed by atoms with van der Waals surface area (Å²) in [6.07, 6.45) is 1.62. The first-order valence-electron chi connectivity index (χ1n) is 7.15. The van der Waals surface area contributed by atoms with Gasteiger partial charge in [0, 0.05) is 30.1 Å². The Morgan fingerprint density at radius 2 is 2.00 bits per heavy atom. The summed E-state index contributed by atoms with van der Waals surface area (Å²) < 4.78 is 27.4. The Kier molecular flexibility index (Phi) is 6.59. The number of rotatable bonds is 8. The number of aryl methyl sites for hydroxylation is 1. The van der Waals surface area contributed by atoms with E-state index in [9.17, 15) is 8.42 Å². The lowest BCUT2D eigenvalue weighted by atomic mass is 10.3. The van der Waals surface area contributed by atoms with Crippen LogP contribution in [0.2, 0.25) is 0 Å². The molecule has 1 heterocycles. The molecule has 0 atom stereocenters. The number of hydrogen-bond acceptors (Lipinski definition) is 4. The normalized spacial score (nSPS) is 12.6. The molecule has 120 valence electrons. The van der Waals surface area contributed by atoms with E-state index < -0.39 is 10.0 Å². The zero-order chi connectivity index (χ0) is 16.2. The largest absolute Gasteiger partial charge is 0.310 e. The summed E-state index contributed by atoms with van der Waals surface area (Å²) in [7, 11) is -3.45. The van der Waals surface area contributed by atoms with E-state index in [1.54, 1.807) is 12.1 Å². The number of nitrogens with one attached hydrogen (secondary N) is 1. The zero-order valence-electron chi connectivity index (χ0n) is 13.5. The Balaban J connectivity index is 3.08. The van der Waals surface area contributed by atoms with Gasteiger partial charge in [-0.25, -0.2) is 8.42 Å². The first kappa shape index (κ1) is 18.4. The van der Waals surface area contributed by atoms with Crippen LogP contribution in [0.3, 0.4) is 0 Å². The lowest BCUT2D eigenvalue weighted by Crippen LogP contribution is -2.36. The molecule has 0 aliphatic rings. The van der Waals surface area contributed by atoms with Crippen LogP contribution in [0, 0.1) is 6.92 Å². The number of thiophene rings is 1. The Morgan fingerprint density at radius 3 is 2.48 bits per heavy atom. The SMILES string of the molecule is C=CCN(C(C)C)S(=O)(=O)c1cc(C)c(CNC(C)C)s1. The Morgan fingerprint density at radius 1 is 1.38 bits per heavy atom. The van der Waals surface area contributed by atoms with Crippen molar-refractivity contribution in [2.75, 3.05) is 6.54 Å². The highest BCUT2D eigenvalue weighted by Crippen LogP contribution is 2.29. The first-order chi connectivity index (χ1) is 9.70. The monoisotopic (exact) mass is 330 g/mol. The van der Waals surface area contributed by atoms with Crippen LogP contribution in [0.1, 0.15) is 38.1 Å². The van der Waals surface area contributed by atoms with Crippen LogP contribution in [0.15, 0.2) is 22.9 Å². The lowest BCUT2D eigenvalue weighted by molar-refractivity contribution is 0.384. The molecule has 1 aromatic rings. The third kappa shape index (κ3) is 4.64. The maximum absolute atomic E-state index is 12.7. The fourth-order valence-corrected chi connectivity index (χ4v) is 5.20. The molecule has 0 aliphatic heterocycles. The Bertz CT molecular complexity index is 574. The minimum atomic E-state index is -3.45. The molecule has 0 amide bonds. The second kappa shape index (κ2) is 7.54. The van der Waals surface area contributed by atoms with Gasteiger partial charge in [-0.3, -0.25) is 0 Å². The summed E-state index contributed by atoms with van der Waals surface area (Å²) in [6.45, 7) is 14.5. The van der Waals surface area contributed by atoms with Gasteiger partial charge >= 0.3 is 0 Å². The van der Waals surface area contributed by atoms with Crippen LogP contribution in [0.5, 0.6) is 0 Å². The predicted molar refractivity (Wildman–Crippen MR) is 90.3 cm³/mol. The van der Waals surface area contributed by atoms with Crippen LogP contribution in [-0.4, -0.2) is 31.4 Å². The third-order valence-corrected chi connectivity index (χ3v) is 6.84. The van der Waals surface area contributed by atoms with Gasteiger partial charge in [0.1, 0.15) is 4.21 Å². The average molecular weight is 331 g/mol. The van der Waals surface area contributed by atoms with Crippen molar-refractivity contribution in [2.45, 2.75) is 57.5 Å². The number of hydrogen-bond donors (Lipinski definition) is 1. The molecule has 0 saturated carbocycles. The standard InChI is InChI=1S/C15H26N2O2S2/c1-7-8-17(12(4)5)21(18,19)15-9-13(6)14(20-15)10-16-11(2)3/h7,9,11-12,16H,1,8,10H2,2-6H3. The molecular formula is C15H26N2O2S2. The van der Waals surface area contributed by atoms with Crippen LogP contribution >= 0.6 is 11.3 Å². The van der Waals surface area contributed by atoms with Crippen molar-refractivity contribution in [1.82, 2.24) is 9.62 Å². The van der Waals surface area contributed by atoms with Crippen molar-refractivity contribution >= 4 is 21.4 Å². The molecule has 0 spiro atoms. The second-order valence-electron chi connectivity index (χ2n) is 5.66. The highest BCUT2D eigenvalue weighted by Gasteiger charge is 2.28. The van der Waals surface area contributed by atoms with E-state index in [4.69, 9.17) is 0 Å². The van der Waals surface area contributed by atoms with Crippen molar-refractivity contribution in [3.8, 4) is 0 Å². The van der Waals surface area contributed by atoms with Gasteiger partial charge in [0.25, 0.3) is 10.0 Å². The average Bonchev–Trinajstić information content (AvgIpc) is 2.75. The van der Waals surface area contributed by atoms with Crippen molar-refractivity contribution < 1.29 is 8.42 Å². The molecule has 0 aliphatic carbocycles. The van der Waals surface area contributed by atoms with Crippen molar-refractivity contribution in [2.24, 2.45) is 0 Å². The number of nitrogens with zero attached hydrogens (tertiary/aromatic N) is 1. The molecule has 4 nitrogen and oxygen atoms in total. The molecule has 21 heavy (non-hydrogen) atoms.